The molecule has 0 unspecified atom stereocenters. The van der Waals surface area contributed by atoms with Gasteiger partial charge in [0.25, 0.3) is 0 Å². The third-order valence-corrected chi connectivity index (χ3v) is 8.22. The van der Waals surface area contributed by atoms with Crippen LogP contribution in [0.15, 0.2) is 97.2 Å². The first kappa shape index (κ1) is 31.4. The minimum absolute atomic E-state index is 0. The number of aryl methyl sites for hydroxylation is 2. The first-order chi connectivity index (χ1) is 21.9. The Hall–Kier alpha value is -4.54. The maximum Gasteiger partial charge on any atom is 2.00 e. The summed E-state index contributed by atoms with van der Waals surface area (Å²) in [5.41, 5.74) is 7.98. The molecule has 0 spiro atoms. The Morgan fingerprint density at radius 1 is 0.848 bits per heavy atom. The molecule has 0 amide bonds. The first-order valence-electron chi connectivity index (χ1n) is 15.3. The van der Waals surface area contributed by atoms with Gasteiger partial charge in [0.15, 0.2) is 0 Å². The van der Waals surface area contributed by atoms with Crippen molar-refractivity contribution in [3.8, 4) is 34.1 Å². The predicted molar refractivity (Wildman–Crippen MR) is 178 cm³/mol. The van der Waals surface area contributed by atoms with Gasteiger partial charge >= 0.3 is 21.1 Å². The Morgan fingerprint density at radius 2 is 1.65 bits per heavy atom. The molecule has 3 aromatic heterocycles. The van der Waals surface area contributed by atoms with Gasteiger partial charge in [-0.1, -0.05) is 61.8 Å². The number of rotatable bonds is 8. The van der Waals surface area contributed by atoms with Crippen LogP contribution < -0.4 is 4.74 Å². The first-order valence-corrected chi connectivity index (χ1v) is 15.3. The van der Waals surface area contributed by atoms with Gasteiger partial charge in [-0.2, -0.15) is 17.2 Å². The molecule has 7 aromatic rings. The van der Waals surface area contributed by atoms with Crippen LogP contribution in [0.5, 0.6) is 11.5 Å². The van der Waals surface area contributed by atoms with Crippen LogP contribution in [0.4, 0.5) is 4.39 Å². The number of nitrogens with zero attached hydrogens (tertiary/aromatic N) is 4. The van der Waals surface area contributed by atoms with Crippen molar-refractivity contribution in [2.75, 3.05) is 0 Å². The van der Waals surface area contributed by atoms with E-state index >= 15 is 0 Å². The summed E-state index contributed by atoms with van der Waals surface area (Å²) in [6, 6.07) is 36.2. The molecule has 0 saturated heterocycles. The molecule has 5 nitrogen and oxygen atoms in total. The second-order valence-electron chi connectivity index (χ2n) is 11.9. The Balaban J connectivity index is 0.00000372. The SMILES string of the molecule is Cc1nn(-c2[c-]c(Oc3[c-]c4c(cc3)c3cc(CCC(C)C)ccc3n4-c3cc(F)ccn3)ccc2)c(C)c1-c1ccccc1.[Pt+2]. The molecule has 0 bridgehead atoms. The van der Waals surface area contributed by atoms with E-state index in [1.807, 2.05) is 64.7 Å². The zero-order valence-corrected chi connectivity index (χ0v) is 28.4. The van der Waals surface area contributed by atoms with Gasteiger partial charge in [-0.3, -0.25) is 4.68 Å². The van der Waals surface area contributed by atoms with E-state index in [2.05, 4.69) is 68.2 Å². The summed E-state index contributed by atoms with van der Waals surface area (Å²) in [5.74, 6) is 1.83. The molecule has 0 fully saturated rings. The third kappa shape index (κ3) is 6.02. The molecule has 46 heavy (non-hydrogen) atoms. The molecule has 0 N–H and O–H groups in total. The van der Waals surface area contributed by atoms with Crippen molar-refractivity contribution >= 4 is 21.8 Å². The van der Waals surface area contributed by atoms with E-state index in [1.165, 1.54) is 23.9 Å². The van der Waals surface area contributed by atoms with E-state index in [0.29, 0.717) is 23.2 Å². The minimum atomic E-state index is -0.345. The molecular formula is C39H33FN4OPt. The molecule has 0 aliphatic carbocycles. The van der Waals surface area contributed by atoms with Crippen LogP contribution in [0.25, 0.3) is 44.4 Å². The number of hydrogen-bond acceptors (Lipinski definition) is 3. The number of benzene rings is 4. The van der Waals surface area contributed by atoms with E-state index in [0.717, 1.165) is 62.8 Å². The van der Waals surface area contributed by atoms with Crippen molar-refractivity contribution in [3.63, 3.8) is 0 Å². The number of pyridine rings is 1. The molecular weight excluding hydrogens is 755 g/mol. The summed E-state index contributed by atoms with van der Waals surface area (Å²) in [7, 11) is 0. The topological polar surface area (TPSA) is 44.9 Å². The Kier molecular flexibility index (Phi) is 8.92. The number of fused-ring (bicyclic) bond motifs is 3. The third-order valence-electron chi connectivity index (χ3n) is 8.22. The quantitative estimate of drug-likeness (QED) is 0.144. The molecule has 0 aliphatic heterocycles. The van der Waals surface area contributed by atoms with Gasteiger partial charge in [0.1, 0.15) is 11.6 Å². The molecule has 232 valence electrons. The van der Waals surface area contributed by atoms with Crippen molar-refractivity contribution in [2.24, 2.45) is 5.92 Å². The normalized spacial score (nSPS) is 11.3. The summed E-state index contributed by atoms with van der Waals surface area (Å²) < 4.78 is 24.6. The van der Waals surface area contributed by atoms with Gasteiger partial charge in [-0.05, 0) is 66.9 Å². The molecule has 0 radical (unpaired) electrons. The summed E-state index contributed by atoms with van der Waals surface area (Å²) in [6.45, 7) is 8.57. The molecule has 3 heterocycles. The van der Waals surface area contributed by atoms with Crippen molar-refractivity contribution in [1.82, 2.24) is 19.3 Å². The molecule has 0 atom stereocenters. The summed E-state index contributed by atoms with van der Waals surface area (Å²) >= 11 is 0. The fourth-order valence-electron chi connectivity index (χ4n) is 6.03. The van der Waals surface area contributed by atoms with E-state index in [-0.39, 0.29) is 26.9 Å². The van der Waals surface area contributed by atoms with Gasteiger partial charge in [0, 0.05) is 40.5 Å². The second kappa shape index (κ2) is 13.1. The van der Waals surface area contributed by atoms with Crippen molar-refractivity contribution in [2.45, 2.75) is 40.5 Å². The second-order valence-corrected chi connectivity index (χ2v) is 11.9. The maximum absolute atomic E-state index is 14.4. The van der Waals surface area contributed by atoms with E-state index in [9.17, 15) is 4.39 Å². The van der Waals surface area contributed by atoms with Gasteiger partial charge in [0.05, 0.1) is 5.69 Å². The van der Waals surface area contributed by atoms with Crippen LogP contribution in [0.3, 0.4) is 0 Å². The zero-order chi connectivity index (χ0) is 31.1. The molecule has 7 heteroatoms. The fourth-order valence-corrected chi connectivity index (χ4v) is 6.03. The van der Waals surface area contributed by atoms with Crippen molar-refractivity contribution in [3.05, 3.63) is 132 Å². The monoisotopic (exact) mass is 787 g/mol. The van der Waals surface area contributed by atoms with Gasteiger partial charge in [-0.15, -0.1) is 35.7 Å². The van der Waals surface area contributed by atoms with Crippen molar-refractivity contribution in [1.29, 1.82) is 0 Å². The van der Waals surface area contributed by atoms with E-state index in [1.54, 1.807) is 0 Å². The summed E-state index contributed by atoms with van der Waals surface area (Å²) in [5, 5.41) is 6.91. The Bertz CT molecular complexity index is 2170. The van der Waals surface area contributed by atoms with E-state index < -0.39 is 0 Å². The molecule has 4 aromatic carbocycles. The van der Waals surface area contributed by atoms with Crippen LogP contribution in [0.2, 0.25) is 0 Å². The minimum Gasteiger partial charge on any atom is -0.509 e. The predicted octanol–water partition coefficient (Wildman–Crippen LogP) is 9.77. The molecule has 0 aliphatic rings. The molecule has 7 rings (SSSR count). The zero-order valence-electron chi connectivity index (χ0n) is 26.1. The van der Waals surface area contributed by atoms with Gasteiger partial charge in [0.2, 0.25) is 0 Å². The van der Waals surface area contributed by atoms with Gasteiger partial charge < -0.3 is 9.30 Å². The molecule has 0 saturated carbocycles. The largest absolute Gasteiger partial charge is 2.00 e. The average Bonchev–Trinajstić information content (AvgIpc) is 3.52. The smallest absolute Gasteiger partial charge is 0.509 e. The number of aromatic nitrogens is 4. The number of hydrogen-bond donors (Lipinski definition) is 0. The Morgan fingerprint density at radius 3 is 2.43 bits per heavy atom. The summed E-state index contributed by atoms with van der Waals surface area (Å²) in [4.78, 5) is 4.51. The number of ether oxygens (including phenoxy) is 1. The maximum atomic E-state index is 14.4. The standard InChI is InChI=1S/C39H33FN4O.Pt/c1-25(2)13-14-28-15-18-36-35(21-28)34-17-16-33(24-37(34)43(36)38-22-30(40)19-20-41-38)45-32-12-8-11-31(23-32)44-27(4)39(26(3)42-44)29-9-6-5-7-10-29;/h5-12,15-22,25H,13-14H2,1-4H3;/q-2;+2. The van der Waals surface area contributed by atoms with Crippen molar-refractivity contribution < 1.29 is 30.2 Å². The fraction of sp³-hybridized carbons (Fsp3) is 0.179. The summed E-state index contributed by atoms with van der Waals surface area (Å²) in [6.07, 6.45) is 3.60. The van der Waals surface area contributed by atoms with Crippen LogP contribution in [0.1, 0.15) is 37.2 Å². The van der Waals surface area contributed by atoms with Crippen LogP contribution in [0, 0.1) is 37.7 Å². The van der Waals surface area contributed by atoms with Crippen LogP contribution in [-0.2, 0) is 27.5 Å². The van der Waals surface area contributed by atoms with Gasteiger partial charge in [-0.25, -0.2) is 9.37 Å². The van der Waals surface area contributed by atoms with Crippen LogP contribution in [-0.4, -0.2) is 19.3 Å². The Labute approximate surface area is 282 Å². The average molecular weight is 788 g/mol. The number of halogens is 1. The van der Waals surface area contributed by atoms with E-state index in [4.69, 9.17) is 9.84 Å². The van der Waals surface area contributed by atoms with Crippen LogP contribution >= 0.6 is 0 Å².